The molecule has 0 spiro atoms. The monoisotopic (exact) mass is 244 g/mol. The fourth-order valence-corrected chi connectivity index (χ4v) is 2.13. The minimum Gasteiger partial charge on any atom is -0.392 e. The van der Waals surface area contributed by atoms with Crippen molar-refractivity contribution in [1.82, 2.24) is 9.78 Å². The zero-order chi connectivity index (χ0) is 13.3. The van der Waals surface area contributed by atoms with Gasteiger partial charge in [0.05, 0.1) is 29.2 Å². The van der Waals surface area contributed by atoms with E-state index in [0.717, 1.165) is 34.5 Å². The van der Waals surface area contributed by atoms with Crippen molar-refractivity contribution in [2.75, 3.05) is 0 Å². The third-order valence-electron chi connectivity index (χ3n) is 3.28. The van der Waals surface area contributed by atoms with E-state index in [1.807, 2.05) is 39.0 Å². The molecule has 1 aromatic carbocycles. The number of hydrogen-bond acceptors (Lipinski definition) is 3. The van der Waals surface area contributed by atoms with E-state index in [-0.39, 0.29) is 6.61 Å². The van der Waals surface area contributed by atoms with Gasteiger partial charge in [0, 0.05) is 0 Å². The van der Waals surface area contributed by atoms with Gasteiger partial charge in [0.15, 0.2) is 6.29 Å². The lowest BCUT2D eigenvalue weighted by Crippen LogP contribution is -2.04. The Bertz CT molecular complexity index is 600. The Balaban J connectivity index is 2.66. The lowest BCUT2D eigenvalue weighted by Gasteiger charge is -2.11. The van der Waals surface area contributed by atoms with Gasteiger partial charge in [-0.3, -0.25) is 4.79 Å². The van der Waals surface area contributed by atoms with Crippen LogP contribution in [0.5, 0.6) is 0 Å². The van der Waals surface area contributed by atoms with Crippen LogP contribution in [0.1, 0.15) is 32.9 Å². The second-order valence-electron chi connectivity index (χ2n) is 4.33. The smallest absolute Gasteiger partial charge is 0.153 e. The Labute approximate surface area is 106 Å². The fraction of sp³-hybridized carbons (Fsp3) is 0.286. The quantitative estimate of drug-likeness (QED) is 0.841. The number of hydrogen-bond donors (Lipinski definition) is 1. The van der Waals surface area contributed by atoms with Crippen LogP contribution in [0.3, 0.4) is 0 Å². The molecule has 0 amide bonds. The molecule has 1 heterocycles. The van der Waals surface area contributed by atoms with Crippen molar-refractivity contribution >= 4 is 6.29 Å². The highest BCUT2D eigenvalue weighted by atomic mass is 16.3. The summed E-state index contributed by atoms with van der Waals surface area (Å²) in [4.78, 5) is 11.0. The summed E-state index contributed by atoms with van der Waals surface area (Å²) >= 11 is 0. The second kappa shape index (κ2) is 4.74. The van der Waals surface area contributed by atoms with Crippen LogP contribution in [0.25, 0.3) is 5.69 Å². The molecule has 2 rings (SSSR count). The van der Waals surface area contributed by atoms with Gasteiger partial charge in [0.1, 0.15) is 0 Å². The van der Waals surface area contributed by atoms with Crippen molar-refractivity contribution in [3.05, 3.63) is 46.3 Å². The van der Waals surface area contributed by atoms with Crippen LogP contribution in [0.4, 0.5) is 0 Å². The van der Waals surface area contributed by atoms with Crippen LogP contribution in [0.2, 0.25) is 0 Å². The Morgan fingerprint density at radius 3 is 2.61 bits per heavy atom. The molecule has 0 radical (unpaired) electrons. The summed E-state index contributed by atoms with van der Waals surface area (Å²) in [5.74, 6) is 0. The summed E-state index contributed by atoms with van der Waals surface area (Å²) in [6, 6.07) is 5.69. The molecule has 0 saturated carbocycles. The first-order chi connectivity index (χ1) is 8.60. The summed E-state index contributed by atoms with van der Waals surface area (Å²) in [7, 11) is 0. The number of nitrogens with zero attached hydrogens (tertiary/aromatic N) is 2. The highest BCUT2D eigenvalue weighted by molar-refractivity contribution is 5.78. The first-order valence-electron chi connectivity index (χ1n) is 5.81. The fourth-order valence-electron chi connectivity index (χ4n) is 2.13. The van der Waals surface area contributed by atoms with Gasteiger partial charge in [0.25, 0.3) is 0 Å². The third kappa shape index (κ3) is 1.84. The lowest BCUT2D eigenvalue weighted by molar-refractivity contribution is 0.112. The van der Waals surface area contributed by atoms with Crippen LogP contribution in [0, 0.1) is 20.8 Å². The van der Waals surface area contributed by atoms with Crippen LogP contribution in [-0.4, -0.2) is 21.2 Å². The molecule has 0 saturated heterocycles. The molecule has 4 heteroatoms. The highest BCUT2D eigenvalue weighted by Crippen LogP contribution is 2.21. The van der Waals surface area contributed by atoms with Crippen LogP contribution < -0.4 is 0 Å². The Morgan fingerprint density at radius 2 is 2.06 bits per heavy atom. The zero-order valence-electron chi connectivity index (χ0n) is 10.8. The van der Waals surface area contributed by atoms with Crippen LogP contribution in [0.15, 0.2) is 18.2 Å². The first kappa shape index (κ1) is 12.5. The van der Waals surface area contributed by atoms with Gasteiger partial charge in [-0.1, -0.05) is 12.1 Å². The number of carbonyl (C=O) groups is 1. The molecular formula is C14H16N2O2. The molecule has 0 aliphatic carbocycles. The van der Waals surface area contributed by atoms with Gasteiger partial charge in [-0.15, -0.1) is 0 Å². The molecule has 0 bridgehead atoms. The summed E-state index contributed by atoms with van der Waals surface area (Å²) in [6.45, 7) is 5.63. The minimum absolute atomic E-state index is 0.000487. The Morgan fingerprint density at radius 1 is 1.33 bits per heavy atom. The number of benzene rings is 1. The SMILES string of the molecule is Cc1nn(-c2cccc(CO)c2C)c(C)c1C=O. The zero-order valence-corrected chi connectivity index (χ0v) is 10.8. The molecule has 4 nitrogen and oxygen atoms in total. The Hall–Kier alpha value is -1.94. The third-order valence-corrected chi connectivity index (χ3v) is 3.28. The van der Waals surface area contributed by atoms with E-state index in [0.29, 0.717) is 5.56 Å². The van der Waals surface area contributed by atoms with E-state index in [2.05, 4.69) is 5.10 Å². The van der Waals surface area contributed by atoms with Gasteiger partial charge in [0.2, 0.25) is 0 Å². The second-order valence-corrected chi connectivity index (χ2v) is 4.33. The van der Waals surface area contributed by atoms with Crippen LogP contribution in [-0.2, 0) is 6.61 Å². The molecule has 0 fully saturated rings. The van der Waals surface area contributed by atoms with Gasteiger partial charge < -0.3 is 5.11 Å². The number of carbonyl (C=O) groups excluding carboxylic acids is 1. The van der Waals surface area contributed by atoms with Gasteiger partial charge in [-0.05, 0) is 38.0 Å². The van der Waals surface area contributed by atoms with Crippen molar-refractivity contribution < 1.29 is 9.90 Å². The molecule has 18 heavy (non-hydrogen) atoms. The standard InChI is InChI=1S/C14H16N2O2/c1-9-12(7-17)5-4-6-14(9)16-11(3)13(8-18)10(2)15-16/h4-6,8,17H,7H2,1-3H3. The normalized spacial score (nSPS) is 10.7. The summed E-state index contributed by atoms with van der Waals surface area (Å²) in [5, 5.41) is 13.7. The van der Waals surface area contributed by atoms with Gasteiger partial charge in [-0.2, -0.15) is 5.10 Å². The molecule has 0 aliphatic heterocycles. The van der Waals surface area contributed by atoms with E-state index in [1.165, 1.54) is 0 Å². The lowest BCUT2D eigenvalue weighted by atomic mass is 10.1. The van der Waals surface area contributed by atoms with Gasteiger partial charge in [-0.25, -0.2) is 4.68 Å². The topological polar surface area (TPSA) is 55.1 Å². The predicted octanol–water partition coefficient (Wildman–Crippen LogP) is 2.10. The van der Waals surface area contributed by atoms with E-state index in [9.17, 15) is 9.90 Å². The molecule has 94 valence electrons. The largest absolute Gasteiger partial charge is 0.392 e. The van der Waals surface area contributed by atoms with E-state index >= 15 is 0 Å². The summed E-state index contributed by atoms with van der Waals surface area (Å²) in [6.07, 6.45) is 0.833. The maximum absolute atomic E-state index is 11.0. The summed E-state index contributed by atoms with van der Waals surface area (Å²) < 4.78 is 1.76. The van der Waals surface area contributed by atoms with Crippen molar-refractivity contribution in [3.8, 4) is 5.69 Å². The number of aliphatic hydroxyl groups is 1. The van der Waals surface area contributed by atoms with E-state index in [4.69, 9.17) is 0 Å². The number of aldehydes is 1. The number of aliphatic hydroxyl groups excluding tert-OH is 1. The predicted molar refractivity (Wildman–Crippen MR) is 69.1 cm³/mol. The van der Waals surface area contributed by atoms with E-state index < -0.39 is 0 Å². The average Bonchev–Trinajstić information content (AvgIpc) is 2.64. The van der Waals surface area contributed by atoms with E-state index in [1.54, 1.807) is 4.68 Å². The summed E-state index contributed by atoms with van der Waals surface area (Å²) in [5.41, 5.74) is 4.91. The highest BCUT2D eigenvalue weighted by Gasteiger charge is 2.14. The van der Waals surface area contributed by atoms with Crippen molar-refractivity contribution in [1.29, 1.82) is 0 Å². The van der Waals surface area contributed by atoms with Gasteiger partial charge >= 0.3 is 0 Å². The molecule has 1 aromatic heterocycles. The number of aryl methyl sites for hydroxylation is 1. The maximum Gasteiger partial charge on any atom is 0.153 e. The molecule has 0 aliphatic rings. The number of aromatic nitrogens is 2. The van der Waals surface area contributed by atoms with Crippen molar-refractivity contribution in [2.45, 2.75) is 27.4 Å². The first-order valence-corrected chi connectivity index (χ1v) is 5.81. The average molecular weight is 244 g/mol. The molecule has 0 atom stereocenters. The van der Waals surface area contributed by atoms with Crippen molar-refractivity contribution in [2.24, 2.45) is 0 Å². The molecule has 0 unspecified atom stereocenters. The molecular weight excluding hydrogens is 228 g/mol. The van der Waals surface area contributed by atoms with Crippen molar-refractivity contribution in [3.63, 3.8) is 0 Å². The van der Waals surface area contributed by atoms with Crippen LogP contribution >= 0.6 is 0 Å². The molecule has 1 N–H and O–H groups in total. The minimum atomic E-state index is -0.000487. The number of rotatable bonds is 3. The maximum atomic E-state index is 11.0. The molecule has 2 aromatic rings. The Kier molecular flexibility index (Phi) is 3.30.